The number of aryl methyl sites for hydroxylation is 1. The monoisotopic (exact) mass is 323 g/mol. The minimum absolute atomic E-state index is 0.344. The van der Waals surface area contributed by atoms with Crippen LogP contribution in [0.2, 0.25) is 0 Å². The lowest BCUT2D eigenvalue weighted by molar-refractivity contribution is 0.0703. The van der Waals surface area contributed by atoms with E-state index in [0.717, 1.165) is 16.0 Å². The van der Waals surface area contributed by atoms with Gasteiger partial charge in [0.2, 0.25) is 0 Å². The molecular formula is C19H17NO2S. The van der Waals surface area contributed by atoms with Gasteiger partial charge in [0.05, 0.1) is 5.69 Å². The molecule has 116 valence electrons. The molecular weight excluding hydrogens is 306 g/mol. The maximum Gasteiger partial charge on any atom is 0.348 e. The second-order valence-electron chi connectivity index (χ2n) is 5.37. The van der Waals surface area contributed by atoms with Gasteiger partial charge in [0, 0.05) is 11.4 Å². The molecule has 0 radical (unpaired) electrons. The van der Waals surface area contributed by atoms with E-state index in [1.807, 2.05) is 61.5 Å². The van der Waals surface area contributed by atoms with Gasteiger partial charge in [0.15, 0.2) is 0 Å². The van der Waals surface area contributed by atoms with Crippen LogP contribution in [-0.2, 0) is 6.54 Å². The average molecular weight is 323 g/mol. The van der Waals surface area contributed by atoms with E-state index < -0.39 is 5.97 Å². The van der Waals surface area contributed by atoms with E-state index in [1.54, 1.807) is 0 Å². The number of carbonyl (C=O) groups is 1. The van der Waals surface area contributed by atoms with Gasteiger partial charge in [0.25, 0.3) is 0 Å². The Hall–Kier alpha value is -2.59. The van der Waals surface area contributed by atoms with E-state index in [4.69, 9.17) is 0 Å². The Morgan fingerprint density at radius 1 is 1.09 bits per heavy atom. The topological polar surface area (TPSA) is 49.3 Å². The van der Waals surface area contributed by atoms with Gasteiger partial charge in [-0.25, -0.2) is 4.79 Å². The first-order valence-corrected chi connectivity index (χ1v) is 8.17. The van der Waals surface area contributed by atoms with Crippen LogP contribution in [0.25, 0.3) is 10.4 Å². The minimum Gasteiger partial charge on any atom is -0.477 e. The zero-order valence-corrected chi connectivity index (χ0v) is 13.6. The molecule has 0 aliphatic rings. The van der Waals surface area contributed by atoms with Crippen molar-refractivity contribution in [3.8, 4) is 10.4 Å². The predicted molar refractivity (Wildman–Crippen MR) is 95.2 cm³/mol. The highest BCUT2D eigenvalue weighted by Gasteiger charge is 2.16. The Balaban J connectivity index is 1.86. The van der Waals surface area contributed by atoms with Crippen LogP contribution in [0.3, 0.4) is 0 Å². The lowest BCUT2D eigenvalue weighted by Gasteiger charge is -2.06. The van der Waals surface area contributed by atoms with E-state index in [9.17, 15) is 9.90 Å². The Kier molecular flexibility index (Phi) is 4.44. The Labute approximate surface area is 139 Å². The summed E-state index contributed by atoms with van der Waals surface area (Å²) < 4.78 is 0. The number of anilines is 1. The van der Waals surface area contributed by atoms with Crippen molar-refractivity contribution < 1.29 is 9.90 Å². The standard InChI is InChI=1S/C19H17NO2S/c1-13-6-5-7-14(10-13)12-20-16-11-17(23-18(16)19(21)22)15-8-3-2-4-9-15/h2-11,20H,12H2,1H3,(H,21,22). The third kappa shape index (κ3) is 3.60. The van der Waals surface area contributed by atoms with Gasteiger partial charge in [-0.05, 0) is 24.1 Å². The van der Waals surface area contributed by atoms with Crippen molar-refractivity contribution in [1.29, 1.82) is 0 Å². The Morgan fingerprint density at radius 2 is 1.87 bits per heavy atom. The van der Waals surface area contributed by atoms with Crippen LogP contribution in [0.4, 0.5) is 5.69 Å². The molecule has 3 rings (SSSR count). The summed E-state index contributed by atoms with van der Waals surface area (Å²) in [5.41, 5.74) is 4.03. The third-order valence-corrected chi connectivity index (χ3v) is 4.72. The van der Waals surface area contributed by atoms with Crippen molar-refractivity contribution >= 4 is 23.0 Å². The number of carboxylic acids is 1. The summed E-state index contributed by atoms with van der Waals surface area (Å²) in [6, 6.07) is 19.9. The molecule has 1 heterocycles. The Morgan fingerprint density at radius 3 is 2.57 bits per heavy atom. The van der Waals surface area contributed by atoms with Crippen LogP contribution >= 0.6 is 11.3 Å². The van der Waals surface area contributed by atoms with Gasteiger partial charge in [-0.3, -0.25) is 0 Å². The predicted octanol–water partition coefficient (Wildman–Crippen LogP) is 5.03. The molecule has 0 amide bonds. The van der Waals surface area contributed by atoms with Gasteiger partial charge < -0.3 is 10.4 Å². The van der Waals surface area contributed by atoms with Gasteiger partial charge in [-0.1, -0.05) is 60.2 Å². The molecule has 0 spiro atoms. The summed E-state index contributed by atoms with van der Waals surface area (Å²) in [6.45, 7) is 2.65. The van der Waals surface area contributed by atoms with Crippen LogP contribution in [0, 0.1) is 6.92 Å². The highest BCUT2D eigenvalue weighted by Crippen LogP contribution is 2.35. The van der Waals surface area contributed by atoms with Gasteiger partial charge in [-0.15, -0.1) is 11.3 Å². The van der Waals surface area contributed by atoms with Gasteiger partial charge in [-0.2, -0.15) is 0 Å². The second kappa shape index (κ2) is 6.67. The van der Waals surface area contributed by atoms with E-state index in [2.05, 4.69) is 11.4 Å². The van der Waals surface area contributed by atoms with E-state index >= 15 is 0 Å². The van der Waals surface area contributed by atoms with Crippen molar-refractivity contribution in [3.63, 3.8) is 0 Å². The number of rotatable bonds is 5. The zero-order valence-electron chi connectivity index (χ0n) is 12.7. The smallest absolute Gasteiger partial charge is 0.348 e. The molecule has 4 heteroatoms. The highest BCUT2D eigenvalue weighted by atomic mass is 32.1. The van der Waals surface area contributed by atoms with Crippen molar-refractivity contribution in [2.45, 2.75) is 13.5 Å². The van der Waals surface area contributed by atoms with E-state index in [1.165, 1.54) is 16.9 Å². The molecule has 3 nitrogen and oxygen atoms in total. The summed E-state index contributed by atoms with van der Waals surface area (Å²) in [4.78, 5) is 12.8. The largest absolute Gasteiger partial charge is 0.477 e. The molecule has 2 aromatic carbocycles. The normalized spacial score (nSPS) is 10.5. The van der Waals surface area contributed by atoms with Gasteiger partial charge >= 0.3 is 5.97 Å². The maximum atomic E-state index is 11.5. The SMILES string of the molecule is Cc1cccc(CNc2cc(-c3ccccc3)sc2C(=O)O)c1. The number of nitrogens with one attached hydrogen (secondary N) is 1. The van der Waals surface area contributed by atoms with Crippen molar-refractivity contribution in [2.75, 3.05) is 5.32 Å². The number of thiophene rings is 1. The molecule has 0 saturated heterocycles. The first kappa shape index (κ1) is 15.3. The fraction of sp³-hybridized carbons (Fsp3) is 0.105. The van der Waals surface area contributed by atoms with E-state index in [-0.39, 0.29) is 0 Å². The molecule has 0 atom stereocenters. The zero-order chi connectivity index (χ0) is 16.2. The molecule has 0 aliphatic heterocycles. The van der Waals surface area contributed by atoms with Crippen LogP contribution in [0.5, 0.6) is 0 Å². The number of aromatic carboxylic acids is 1. The number of benzene rings is 2. The summed E-state index contributed by atoms with van der Waals surface area (Å²) >= 11 is 1.30. The molecule has 0 bridgehead atoms. The average Bonchev–Trinajstić information content (AvgIpc) is 2.98. The molecule has 2 N–H and O–H groups in total. The number of hydrogen-bond donors (Lipinski definition) is 2. The molecule has 0 unspecified atom stereocenters. The summed E-state index contributed by atoms with van der Waals surface area (Å²) in [5.74, 6) is -0.899. The summed E-state index contributed by atoms with van der Waals surface area (Å²) in [5, 5.41) is 12.7. The van der Waals surface area contributed by atoms with Crippen molar-refractivity contribution in [3.05, 3.63) is 76.7 Å². The fourth-order valence-corrected chi connectivity index (χ4v) is 3.42. The van der Waals surface area contributed by atoms with Crippen molar-refractivity contribution in [2.24, 2.45) is 0 Å². The van der Waals surface area contributed by atoms with E-state index in [0.29, 0.717) is 17.1 Å². The first-order chi connectivity index (χ1) is 11.1. The molecule has 3 aromatic rings. The molecule has 23 heavy (non-hydrogen) atoms. The van der Waals surface area contributed by atoms with Crippen LogP contribution in [-0.4, -0.2) is 11.1 Å². The number of carboxylic acid groups (broad SMARTS) is 1. The maximum absolute atomic E-state index is 11.5. The summed E-state index contributed by atoms with van der Waals surface area (Å²) in [7, 11) is 0. The fourth-order valence-electron chi connectivity index (χ4n) is 2.45. The molecule has 0 saturated carbocycles. The highest BCUT2D eigenvalue weighted by molar-refractivity contribution is 7.18. The van der Waals surface area contributed by atoms with Crippen molar-refractivity contribution in [1.82, 2.24) is 0 Å². The second-order valence-corrected chi connectivity index (χ2v) is 6.42. The minimum atomic E-state index is -0.899. The lowest BCUT2D eigenvalue weighted by Crippen LogP contribution is -2.03. The lowest BCUT2D eigenvalue weighted by atomic mass is 10.1. The number of hydrogen-bond acceptors (Lipinski definition) is 3. The first-order valence-electron chi connectivity index (χ1n) is 7.35. The molecule has 0 fully saturated rings. The molecule has 0 aliphatic carbocycles. The quantitative estimate of drug-likeness (QED) is 0.692. The van der Waals surface area contributed by atoms with Gasteiger partial charge in [0.1, 0.15) is 4.88 Å². The third-order valence-electron chi connectivity index (χ3n) is 3.55. The van der Waals surface area contributed by atoms with Crippen LogP contribution in [0.15, 0.2) is 60.7 Å². The van der Waals surface area contributed by atoms with Crippen LogP contribution in [0.1, 0.15) is 20.8 Å². The Bertz CT molecular complexity index is 824. The molecule has 1 aromatic heterocycles. The van der Waals surface area contributed by atoms with Crippen LogP contribution < -0.4 is 5.32 Å². The summed E-state index contributed by atoms with van der Waals surface area (Å²) in [6.07, 6.45) is 0.